The van der Waals surface area contributed by atoms with Gasteiger partial charge in [0.15, 0.2) is 0 Å². The van der Waals surface area contributed by atoms with Crippen molar-refractivity contribution in [1.29, 1.82) is 0 Å². The zero-order valence-electron chi connectivity index (χ0n) is 15.9. The van der Waals surface area contributed by atoms with Crippen molar-refractivity contribution in [3.05, 3.63) is 59.7 Å². The number of nitrogens with zero attached hydrogens (tertiary/aromatic N) is 1. The highest BCUT2D eigenvalue weighted by molar-refractivity contribution is 7.99. The minimum atomic E-state index is -3.58. The number of amides is 1. The Balaban J connectivity index is 1.92. The van der Waals surface area contributed by atoms with Crippen molar-refractivity contribution in [3.63, 3.8) is 0 Å². The Bertz CT molecular complexity index is 844. The minimum Gasteiger partial charge on any atom is -0.339 e. The minimum absolute atomic E-state index is 0.0913. The molecule has 0 aliphatic carbocycles. The number of carbonyl (C=O) groups excluding carboxylic acids is 1. The largest absolute Gasteiger partial charge is 0.339 e. The van der Waals surface area contributed by atoms with E-state index in [0.29, 0.717) is 31.0 Å². The van der Waals surface area contributed by atoms with Crippen molar-refractivity contribution in [3.8, 4) is 0 Å². The molecule has 0 unspecified atom stereocenters. The maximum Gasteiger partial charge on any atom is 0.253 e. The Hall–Kier alpha value is -1.83. The molecule has 2 aromatic rings. The lowest BCUT2D eigenvalue weighted by Gasteiger charge is -2.18. The van der Waals surface area contributed by atoms with Gasteiger partial charge in [-0.25, -0.2) is 13.1 Å². The van der Waals surface area contributed by atoms with Crippen molar-refractivity contribution < 1.29 is 13.2 Å². The molecular formula is C20H26N2O3S2. The van der Waals surface area contributed by atoms with Gasteiger partial charge in [0.1, 0.15) is 0 Å². The van der Waals surface area contributed by atoms with Crippen LogP contribution in [-0.2, 0) is 10.0 Å². The molecule has 0 aliphatic rings. The van der Waals surface area contributed by atoms with Crippen LogP contribution in [0.5, 0.6) is 0 Å². The number of benzene rings is 2. The molecule has 0 atom stereocenters. The van der Waals surface area contributed by atoms with Crippen LogP contribution in [0.25, 0.3) is 0 Å². The molecule has 2 aromatic carbocycles. The molecule has 0 fully saturated rings. The fraction of sp³-hybridized carbons (Fsp3) is 0.350. The van der Waals surface area contributed by atoms with E-state index in [1.165, 1.54) is 17.7 Å². The highest BCUT2D eigenvalue weighted by Gasteiger charge is 2.16. The van der Waals surface area contributed by atoms with Crippen molar-refractivity contribution in [2.45, 2.75) is 30.6 Å². The Labute approximate surface area is 166 Å². The summed E-state index contributed by atoms with van der Waals surface area (Å²) < 4.78 is 27.4. The van der Waals surface area contributed by atoms with Crippen LogP contribution in [-0.4, -0.2) is 44.6 Å². The van der Waals surface area contributed by atoms with E-state index in [9.17, 15) is 13.2 Å². The van der Waals surface area contributed by atoms with Gasteiger partial charge in [0.25, 0.3) is 5.91 Å². The zero-order chi connectivity index (χ0) is 19.9. The number of thioether (sulfide) groups is 1. The first-order chi connectivity index (χ1) is 12.9. The van der Waals surface area contributed by atoms with E-state index in [0.717, 1.165) is 4.90 Å². The van der Waals surface area contributed by atoms with Gasteiger partial charge in [0, 0.05) is 35.8 Å². The SMILES string of the molecule is CCN(CC)C(=O)c1ccc(S(=O)(=O)NCCSc2ccc(C)cc2)cc1. The molecule has 0 radical (unpaired) electrons. The van der Waals surface area contributed by atoms with Crippen LogP contribution in [0.4, 0.5) is 0 Å². The Morgan fingerprint density at radius 2 is 1.59 bits per heavy atom. The average Bonchev–Trinajstić information content (AvgIpc) is 2.67. The first-order valence-corrected chi connectivity index (χ1v) is 11.4. The van der Waals surface area contributed by atoms with Crippen LogP contribution in [0.2, 0.25) is 0 Å². The van der Waals surface area contributed by atoms with Crippen LogP contribution < -0.4 is 4.72 Å². The van der Waals surface area contributed by atoms with Crippen LogP contribution >= 0.6 is 11.8 Å². The number of nitrogens with one attached hydrogen (secondary N) is 1. The van der Waals surface area contributed by atoms with Gasteiger partial charge >= 0.3 is 0 Å². The molecule has 2 rings (SSSR count). The summed E-state index contributed by atoms with van der Waals surface area (Å²) in [4.78, 5) is 15.3. The molecule has 0 spiro atoms. The van der Waals surface area contributed by atoms with E-state index in [1.54, 1.807) is 28.8 Å². The molecule has 146 valence electrons. The smallest absolute Gasteiger partial charge is 0.253 e. The van der Waals surface area contributed by atoms with Crippen LogP contribution in [0.1, 0.15) is 29.8 Å². The molecule has 1 amide bonds. The third-order valence-electron chi connectivity index (χ3n) is 4.15. The van der Waals surface area contributed by atoms with E-state index in [-0.39, 0.29) is 10.8 Å². The highest BCUT2D eigenvalue weighted by Crippen LogP contribution is 2.18. The van der Waals surface area contributed by atoms with Gasteiger partial charge in [-0.3, -0.25) is 4.79 Å². The predicted molar refractivity (Wildman–Crippen MR) is 111 cm³/mol. The molecule has 1 N–H and O–H groups in total. The van der Waals surface area contributed by atoms with Gasteiger partial charge in [0.2, 0.25) is 10.0 Å². The molecule has 0 saturated heterocycles. The van der Waals surface area contributed by atoms with Crippen molar-refractivity contribution in [2.24, 2.45) is 0 Å². The van der Waals surface area contributed by atoms with Crippen LogP contribution in [0.3, 0.4) is 0 Å². The summed E-state index contributed by atoms with van der Waals surface area (Å²) in [6.07, 6.45) is 0. The number of sulfonamides is 1. The van der Waals surface area contributed by atoms with Gasteiger partial charge in [-0.1, -0.05) is 17.7 Å². The second kappa shape index (κ2) is 9.92. The quantitative estimate of drug-likeness (QED) is 0.511. The second-order valence-corrected chi connectivity index (χ2v) is 9.00. The number of hydrogen-bond donors (Lipinski definition) is 1. The molecule has 7 heteroatoms. The molecule has 0 aliphatic heterocycles. The highest BCUT2D eigenvalue weighted by atomic mass is 32.2. The van der Waals surface area contributed by atoms with Crippen molar-refractivity contribution >= 4 is 27.7 Å². The molecule has 0 heterocycles. The molecule has 27 heavy (non-hydrogen) atoms. The van der Waals surface area contributed by atoms with Crippen LogP contribution in [0, 0.1) is 6.92 Å². The summed E-state index contributed by atoms with van der Waals surface area (Å²) in [7, 11) is -3.58. The van der Waals surface area contributed by atoms with Gasteiger partial charge in [-0.2, -0.15) is 0 Å². The normalized spacial score (nSPS) is 11.4. The first-order valence-electron chi connectivity index (χ1n) is 8.96. The standard InChI is InChI=1S/C20H26N2O3S2/c1-4-22(5-2)20(23)17-8-12-19(13-9-17)27(24,25)21-14-15-26-18-10-6-16(3)7-11-18/h6-13,21H,4-5,14-15H2,1-3H3. The van der Waals surface area contributed by atoms with E-state index < -0.39 is 10.0 Å². The average molecular weight is 407 g/mol. The number of aryl methyl sites for hydroxylation is 1. The summed E-state index contributed by atoms with van der Waals surface area (Å²) in [5, 5.41) is 0. The topological polar surface area (TPSA) is 66.5 Å². The van der Waals surface area contributed by atoms with Gasteiger partial charge in [0.05, 0.1) is 4.90 Å². The maximum absolute atomic E-state index is 12.4. The molecule has 0 bridgehead atoms. The third-order valence-corrected chi connectivity index (χ3v) is 6.64. The molecular weight excluding hydrogens is 380 g/mol. The Kier molecular flexibility index (Phi) is 7.89. The second-order valence-electron chi connectivity index (χ2n) is 6.06. The number of rotatable bonds is 9. The fourth-order valence-electron chi connectivity index (χ4n) is 2.53. The number of carbonyl (C=O) groups is 1. The first kappa shape index (κ1) is 21.5. The van der Waals surface area contributed by atoms with Gasteiger partial charge in [-0.15, -0.1) is 11.8 Å². The van der Waals surface area contributed by atoms with Gasteiger partial charge in [-0.05, 0) is 57.2 Å². The summed E-state index contributed by atoms with van der Waals surface area (Å²) in [5.74, 6) is 0.548. The zero-order valence-corrected chi connectivity index (χ0v) is 17.6. The Morgan fingerprint density at radius 3 is 2.15 bits per heavy atom. The van der Waals surface area contributed by atoms with Crippen LogP contribution in [0.15, 0.2) is 58.3 Å². The summed E-state index contributed by atoms with van der Waals surface area (Å²) in [5.41, 5.74) is 1.69. The lowest BCUT2D eigenvalue weighted by molar-refractivity contribution is 0.0773. The number of hydrogen-bond acceptors (Lipinski definition) is 4. The molecule has 0 aromatic heterocycles. The van der Waals surface area contributed by atoms with E-state index in [4.69, 9.17) is 0 Å². The van der Waals surface area contributed by atoms with Crippen molar-refractivity contribution in [1.82, 2.24) is 9.62 Å². The van der Waals surface area contributed by atoms with Crippen molar-refractivity contribution in [2.75, 3.05) is 25.4 Å². The Morgan fingerprint density at radius 1 is 1.00 bits per heavy atom. The molecule has 5 nitrogen and oxygen atoms in total. The lowest BCUT2D eigenvalue weighted by atomic mass is 10.2. The lowest BCUT2D eigenvalue weighted by Crippen LogP contribution is -2.30. The van der Waals surface area contributed by atoms with E-state index in [2.05, 4.69) is 4.72 Å². The molecule has 0 saturated carbocycles. The summed E-state index contributed by atoms with van der Waals surface area (Å²) >= 11 is 1.60. The monoisotopic (exact) mass is 406 g/mol. The third kappa shape index (κ3) is 6.09. The summed E-state index contributed by atoms with van der Waals surface area (Å²) in [6, 6.07) is 14.2. The van der Waals surface area contributed by atoms with E-state index in [1.807, 2.05) is 45.0 Å². The maximum atomic E-state index is 12.4. The fourth-order valence-corrected chi connectivity index (χ4v) is 4.46. The van der Waals surface area contributed by atoms with Gasteiger partial charge < -0.3 is 4.90 Å². The summed E-state index contributed by atoms with van der Waals surface area (Å²) in [6.45, 7) is 7.44. The van der Waals surface area contributed by atoms with E-state index >= 15 is 0 Å². The predicted octanol–water partition coefficient (Wildman–Crippen LogP) is 3.55.